The Labute approximate surface area is 184 Å². The van der Waals surface area contributed by atoms with Crippen LogP contribution < -0.4 is 5.32 Å². The maximum Gasteiger partial charge on any atom is 0.276 e. The normalized spacial score (nSPS) is 14.2. The lowest BCUT2D eigenvalue weighted by Crippen LogP contribution is -2.45. The number of halogens is 1. The summed E-state index contributed by atoms with van der Waals surface area (Å²) in [6, 6.07) is 16.3. The van der Waals surface area contributed by atoms with E-state index in [2.05, 4.69) is 14.9 Å². The van der Waals surface area contributed by atoms with Gasteiger partial charge in [-0.2, -0.15) is 0 Å². The number of carbonyl (C=O) groups excluding carboxylic acids is 2. The molecule has 3 aromatic rings. The van der Waals surface area contributed by atoms with Crippen molar-refractivity contribution in [3.05, 3.63) is 81.8 Å². The van der Waals surface area contributed by atoms with Crippen LogP contribution in [0.3, 0.4) is 0 Å². The Kier molecular flexibility index (Phi) is 6.40. The van der Waals surface area contributed by atoms with Crippen LogP contribution in [-0.2, 0) is 11.2 Å². The predicted octanol–water partition coefficient (Wildman–Crippen LogP) is 3.90. The first-order chi connectivity index (χ1) is 14.6. The zero-order valence-corrected chi connectivity index (χ0v) is 17.8. The molecule has 0 unspecified atom stereocenters. The van der Waals surface area contributed by atoms with E-state index in [1.165, 1.54) is 0 Å². The lowest BCUT2D eigenvalue weighted by atomic mass is 10.0. The lowest BCUT2D eigenvalue weighted by Gasteiger charge is -2.31. The number of nitrogens with one attached hydrogen (secondary N) is 1. The molecule has 0 radical (unpaired) electrons. The summed E-state index contributed by atoms with van der Waals surface area (Å²) in [5.41, 5.74) is 2.13. The van der Waals surface area contributed by atoms with Gasteiger partial charge in [-0.1, -0.05) is 58.6 Å². The largest absolute Gasteiger partial charge is 0.354 e. The topological polar surface area (TPSA) is 75.2 Å². The molecule has 2 amide bonds. The highest BCUT2D eigenvalue weighted by molar-refractivity contribution is 7.03. The van der Waals surface area contributed by atoms with Gasteiger partial charge >= 0.3 is 0 Å². The van der Waals surface area contributed by atoms with Crippen LogP contribution in [0.5, 0.6) is 0 Å². The second-order valence-corrected chi connectivity index (χ2v) is 8.26. The molecule has 1 aliphatic rings. The molecular weight excluding hydrogens is 420 g/mol. The average Bonchev–Trinajstić information content (AvgIpc) is 3.44. The molecule has 0 spiro atoms. The summed E-state index contributed by atoms with van der Waals surface area (Å²) in [7, 11) is 0. The molecule has 1 heterocycles. The van der Waals surface area contributed by atoms with Crippen molar-refractivity contribution in [3.63, 3.8) is 0 Å². The van der Waals surface area contributed by atoms with E-state index in [9.17, 15) is 9.59 Å². The highest BCUT2D eigenvalue weighted by atomic mass is 35.5. The minimum atomic E-state index is -0.750. The molecular formula is C22H21ClN4O2S. The van der Waals surface area contributed by atoms with Gasteiger partial charge in [0.1, 0.15) is 6.04 Å². The molecule has 154 valence electrons. The monoisotopic (exact) mass is 440 g/mol. The van der Waals surface area contributed by atoms with Crippen LogP contribution in [0, 0.1) is 0 Å². The van der Waals surface area contributed by atoms with Crippen molar-refractivity contribution in [3.8, 4) is 0 Å². The van der Waals surface area contributed by atoms with E-state index in [-0.39, 0.29) is 23.6 Å². The molecule has 2 aromatic carbocycles. The van der Waals surface area contributed by atoms with Crippen molar-refractivity contribution < 1.29 is 9.59 Å². The second-order valence-electron chi connectivity index (χ2n) is 7.21. The second kappa shape index (κ2) is 9.36. The minimum absolute atomic E-state index is 0.0137. The molecule has 4 rings (SSSR count). The Bertz CT molecular complexity index is 992. The van der Waals surface area contributed by atoms with Crippen molar-refractivity contribution in [1.29, 1.82) is 0 Å². The van der Waals surface area contributed by atoms with Gasteiger partial charge in [-0.15, -0.1) is 5.10 Å². The zero-order chi connectivity index (χ0) is 20.9. The Morgan fingerprint density at radius 2 is 1.87 bits per heavy atom. The van der Waals surface area contributed by atoms with E-state index < -0.39 is 6.04 Å². The molecule has 0 bridgehead atoms. The summed E-state index contributed by atoms with van der Waals surface area (Å²) in [6.07, 6.45) is 2.45. The molecule has 1 atom stereocenters. The van der Waals surface area contributed by atoms with Crippen LogP contribution in [0.1, 0.15) is 40.5 Å². The number of carbonyl (C=O) groups is 2. The van der Waals surface area contributed by atoms with E-state index in [1.807, 2.05) is 30.3 Å². The van der Waals surface area contributed by atoms with Crippen LogP contribution in [0.25, 0.3) is 0 Å². The fourth-order valence-corrected chi connectivity index (χ4v) is 3.95. The van der Waals surface area contributed by atoms with Crippen LogP contribution in [0.15, 0.2) is 60.0 Å². The Balaban J connectivity index is 1.57. The third-order valence-corrected chi connectivity index (χ3v) is 5.78. The molecule has 6 nitrogen and oxygen atoms in total. The fourth-order valence-electron chi connectivity index (χ4n) is 3.39. The van der Waals surface area contributed by atoms with Gasteiger partial charge in [0.05, 0.1) is 0 Å². The average molecular weight is 441 g/mol. The van der Waals surface area contributed by atoms with Gasteiger partial charge in [-0.05, 0) is 54.1 Å². The van der Waals surface area contributed by atoms with Crippen LogP contribution >= 0.6 is 23.1 Å². The standard InChI is InChI=1S/C22H21ClN4O2S/c23-17-8-6-16(7-9-17)20(21(28)24-13-12-15-4-2-1-3-5-15)27(18-10-11-18)22(29)19-14-30-26-25-19/h1-9,14,18,20H,10-13H2,(H,24,28)/t20-/m1/s1. The SMILES string of the molecule is O=C(NCCc1ccccc1)[C@@H](c1ccc(Cl)cc1)N(C(=O)c1csnn1)C1CC1. The minimum Gasteiger partial charge on any atom is -0.354 e. The van der Waals surface area contributed by atoms with Gasteiger partial charge in [0.15, 0.2) is 5.69 Å². The fraction of sp³-hybridized carbons (Fsp3) is 0.273. The molecule has 8 heteroatoms. The summed E-state index contributed by atoms with van der Waals surface area (Å²) in [4.78, 5) is 28.1. The molecule has 1 aromatic heterocycles. The molecule has 1 aliphatic carbocycles. The summed E-state index contributed by atoms with van der Waals surface area (Å²) < 4.78 is 3.80. The number of nitrogens with zero attached hydrogens (tertiary/aromatic N) is 3. The van der Waals surface area contributed by atoms with Crippen molar-refractivity contribution in [2.45, 2.75) is 31.3 Å². The number of aromatic nitrogens is 2. The number of hydrogen-bond acceptors (Lipinski definition) is 5. The number of benzene rings is 2. The number of rotatable bonds is 8. The third-order valence-electron chi connectivity index (χ3n) is 5.02. The number of hydrogen-bond donors (Lipinski definition) is 1. The number of amides is 2. The van der Waals surface area contributed by atoms with Crippen molar-refractivity contribution >= 4 is 34.9 Å². The van der Waals surface area contributed by atoms with Crippen LogP contribution in [-0.4, -0.2) is 38.9 Å². The maximum absolute atomic E-state index is 13.3. The molecule has 30 heavy (non-hydrogen) atoms. The lowest BCUT2D eigenvalue weighted by molar-refractivity contribution is -0.126. The van der Waals surface area contributed by atoms with E-state index >= 15 is 0 Å². The third kappa shape index (κ3) is 4.86. The van der Waals surface area contributed by atoms with Crippen molar-refractivity contribution in [1.82, 2.24) is 19.8 Å². The van der Waals surface area contributed by atoms with Gasteiger partial charge in [-0.3, -0.25) is 9.59 Å². The van der Waals surface area contributed by atoms with Crippen LogP contribution in [0.4, 0.5) is 0 Å². The van der Waals surface area contributed by atoms with E-state index in [1.54, 1.807) is 34.5 Å². The van der Waals surface area contributed by atoms with Crippen molar-refractivity contribution in [2.75, 3.05) is 6.54 Å². The van der Waals surface area contributed by atoms with Crippen LogP contribution in [0.2, 0.25) is 5.02 Å². The first-order valence-electron chi connectivity index (χ1n) is 9.80. The van der Waals surface area contributed by atoms with E-state index in [0.717, 1.165) is 35.5 Å². The maximum atomic E-state index is 13.3. The van der Waals surface area contributed by atoms with Gasteiger partial charge < -0.3 is 10.2 Å². The molecule has 0 saturated heterocycles. The van der Waals surface area contributed by atoms with Gasteiger partial charge in [0, 0.05) is 23.0 Å². The Morgan fingerprint density at radius 3 is 2.50 bits per heavy atom. The molecule has 1 fully saturated rings. The van der Waals surface area contributed by atoms with E-state index in [4.69, 9.17) is 11.6 Å². The predicted molar refractivity (Wildman–Crippen MR) is 116 cm³/mol. The molecule has 1 saturated carbocycles. The highest BCUT2D eigenvalue weighted by Gasteiger charge is 2.42. The Morgan fingerprint density at radius 1 is 1.13 bits per heavy atom. The molecule has 1 N–H and O–H groups in total. The zero-order valence-electron chi connectivity index (χ0n) is 16.2. The quantitative estimate of drug-likeness (QED) is 0.576. The van der Waals surface area contributed by atoms with Gasteiger partial charge in [0.2, 0.25) is 5.91 Å². The van der Waals surface area contributed by atoms with Gasteiger partial charge in [0.25, 0.3) is 5.91 Å². The summed E-state index contributed by atoms with van der Waals surface area (Å²) in [5.74, 6) is -0.485. The Hall–Kier alpha value is -2.77. The first kappa shape index (κ1) is 20.5. The van der Waals surface area contributed by atoms with Gasteiger partial charge in [-0.25, -0.2) is 0 Å². The molecule has 0 aliphatic heterocycles. The van der Waals surface area contributed by atoms with Crippen molar-refractivity contribution in [2.24, 2.45) is 0 Å². The van der Waals surface area contributed by atoms with E-state index in [0.29, 0.717) is 18.0 Å². The first-order valence-corrected chi connectivity index (χ1v) is 11.0. The highest BCUT2D eigenvalue weighted by Crippen LogP contribution is 2.36. The summed E-state index contributed by atoms with van der Waals surface area (Å²) >= 11 is 7.17. The smallest absolute Gasteiger partial charge is 0.276 e. The summed E-state index contributed by atoms with van der Waals surface area (Å²) in [6.45, 7) is 0.484. The summed E-state index contributed by atoms with van der Waals surface area (Å²) in [5, 5.41) is 9.13.